The van der Waals surface area contributed by atoms with Gasteiger partial charge in [0.2, 0.25) is 0 Å². The van der Waals surface area contributed by atoms with E-state index in [1.165, 1.54) is 19.3 Å². The second-order valence-electron chi connectivity index (χ2n) is 1.57. The third-order valence-corrected chi connectivity index (χ3v) is 0.354. The van der Waals surface area contributed by atoms with E-state index in [0.29, 0.717) is 0 Å². The first-order valence-corrected chi connectivity index (χ1v) is 5.00. The molecule has 66 valence electrons. The summed E-state index contributed by atoms with van der Waals surface area (Å²) in [6.45, 7) is 0. The Bertz CT molecular complexity index is 100. The molecular weight excluding hydrogens is 194 g/mol. The molecule has 0 saturated heterocycles. The maximum absolute atomic E-state index is 8.70. The lowest BCUT2D eigenvalue weighted by atomic mass is 11.0. The van der Waals surface area contributed by atoms with Gasteiger partial charge in [0.25, 0.3) is 0 Å². The van der Waals surface area contributed by atoms with E-state index in [4.69, 9.17) is 28.7 Å². The van der Waals surface area contributed by atoms with Crippen LogP contribution >= 0.6 is 16.5 Å². The van der Waals surface area contributed by atoms with Crippen LogP contribution in [0.2, 0.25) is 0 Å². The van der Waals surface area contributed by atoms with Gasteiger partial charge in [-0.25, -0.2) is 0 Å². The van der Waals surface area contributed by atoms with Crippen molar-refractivity contribution < 1.29 is 28.7 Å². The van der Waals surface area contributed by atoms with E-state index in [0.717, 1.165) is 0 Å². The summed E-state index contributed by atoms with van der Waals surface area (Å²) in [4.78, 5) is 28.5. The fourth-order valence-corrected chi connectivity index (χ4v) is 0. The van der Waals surface area contributed by atoms with Gasteiger partial charge >= 0.3 is 16.5 Å². The quantitative estimate of drug-likeness (QED) is 0.425. The van der Waals surface area contributed by atoms with Crippen LogP contribution in [-0.2, 0) is 9.13 Å². The van der Waals surface area contributed by atoms with Crippen molar-refractivity contribution in [2.45, 2.75) is 19.3 Å². The molecule has 0 heterocycles. The Balaban J connectivity index is 0. The summed E-state index contributed by atoms with van der Waals surface area (Å²) >= 11 is 0. The summed E-state index contributed by atoms with van der Waals surface area (Å²) in [5.41, 5.74) is 0. The van der Waals surface area contributed by atoms with Crippen molar-refractivity contribution in [1.29, 1.82) is 0 Å². The minimum Gasteiger partial charge on any atom is -0.134 e. The average Bonchev–Trinajstić information content (AvgIpc) is 2.36. The first kappa shape index (κ1) is 13.6. The highest BCUT2D eigenvalue weighted by Crippen LogP contribution is 2.14. The van der Waals surface area contributed by atoms with Gasteiger partial charge < -0.3 is 0 Å². The molecule has 11 heavy (non-hydrogen) atoms. The molecule has 1 aliphatic carbocycles. The van der Waals surface area contributed by atoms with Gasteiger partial charge in [0, 0.05) is 9.13 Å². The third kappa shape index (κ3) is 600. The van der Waals surface area contributed by atoms with Gasteiger partial charge in [0.15, 0.2) is 0 Å². The molecule has 8 heteroatoms. The highest BCUT2D eigenvalue weighted by Gasteiger charge is 1.95. The third-order valence-electron chi connectivity index (χ3n) is 0.354. The van der Waals surface area contributed by atoms with Crippen molar-refractivity contribution in [2.75, 3.05) is 0 Å². The highest BCUT2D eigenvalue weighted by molar-refractivity contribution is 7.31. The summed E-state index contributed by atoms with van der Waals surface area (Å²) in [5, 5.41) is 0. The van der Waals surface area contributed by atoms with Crippen LogP contribution in [0, 0.1) is 0 Å². The number of hydrogen-bond acceptors (Lipinski definition) is 2. The van der Waals surface area contributed by atoms with Crippen molar-refractivity contribution in [3.8, 4) is 0 Å². The predicted octanol–water partition coefficient (Wildman–Crippen LogP) is 0.427. The summed E-state index contributed by atoms with van der Waals surface area (Å²) in [6, 6.07) is 0. The number of rotatable bonds is 0. The molecule has 0 aromatic rings. The van der Waals surface area contributed by atoms with Gasteiger partial charge in [-0.05, 0) is 0 Å². The molecule has 0 aromatic heterocycles. The maximum Gasteiger partial charge on any atom is 0.692 e. The molecule has 1 saturated carbocycles. The van der Waals surface area contributed by atoms with Gasteiger partial charge in [0.05, 0.1) is 0 Å². The zero-order chi connectivity index (χ0) is 9.28. The van der Waals surface area contributed by atoms with E-state index >= 15 is 0 Å². The molecule has 0 aromatic carbocycles. The molecule has 0 bridgehead atoms. The van der Waals surface area contributed by atoms with Crippen LogP contribution in [0.5, 0.6) is 0 Å². The normalized spacial score (nSPS) is 11.3. The van der Waals surface area contributed by atoms with E-state index in [-0.39, 0.29) is 0 Å². The predicted molar refractivity (Wildman–Crippen MR) is 37.9 cm³/mol. The molecule has 4 N–H and O–H groups in total. The molecule has 0 spiro atoms. The Kier molecular flexibility index (Phi) is 12.4. The van der Waals surface area contributed by atoms with Gasteiger partial charge in [-0.15, -0.1) is 19.6 Å². The zero-order valence-electron chi connectivity index (χ0n) is 5.62. The smallest absolute Gasteiger partial charge is 0.134 e. The number of hydrogen-bond donors (Lipinski definition) is 4. The van der Waals surface area contributed by atoms with E-state index in [1.54, 1.807) is 0 Å². The molecule has 1 fully saturated rings. The van der Waals surface area contributed by atoms with Crippen LogP contribution in [0.4, 0.5) is 0 Å². The molecule has 1 aliphatic rings. The second kappa shape index (κ2) is 10.0. The Morgan fingerprint density at radius 1 is 0.727 bits per heavy atom. The van der Waals surface area contributed by atoms with Crippen LogP contribution in [0.3, 0.4) is 0 Å². The van der Waals surface area contributed by atoms with Crippen molar-refractivity contribution in [3.05, 3.63) is 0 Å². The molecule has 0 amide bonds. The van der Waals surface area contributed by atoms with Crippen LogP contribution in [0.25, 0.3) is 0 Å². The summed E-state index contributed by atoms with van der Waals surface area (Å²) in [7, 11) is -5.74. The molecular formula is C3H10O6P2+2. The van der Waals surface area contributed by atoms with Crippen molar-refractivity contribution in [2.24, 2.45) is 0 Å². The summed E-state index contributed by atoms with van der Waals surface area (Å²) in [6.07, 6.45) is 4.50. The van der Waals surface area contributed by atoms with Crippen molar-refractivity contribution in [3.63, 3.8) is 0 Å². The van der Waals surface area contributed by atoms with Crippen molar-refractivity contribution in [1.82, 2.24) is 0 Å². The van der Waals surface area contributed by atoms with Gasteiger partial charge in [-0.2, -0.15) is 0 Å². The molecule has 1 rings (SSSR count). The minimum absolute atomic E-state index is 1.50. The van der Waals surface area contributed by atoms with Crippen LogP contribution < -0.4 is 0 Å². The first-order valence-electron chi connectivity index (χ1n) is 2.67. The molecule has 0 aliphatic heterocycles. The standard InChI is InChI=1S/C3H6.2HO3P/c1-2-3-1;2*1-4(2)3/h1-3H2;2*(H-,1,2,3)/p+2. The molecule has 0 radical (unpaired) electrons. The SMILES string of the molecule is C1CC1.O=[P+](O)O.O=[P+](O)O. The van der Waals surface area contributed by atoms with E-state index < -0.39 is 16.5 Å². The fourth-order valence-electron chi connectivity index (χ4n) is 0. The summed E-state index contributed by atoms with van der Waals surface area (Å²) < 4.78 is 17.4. The Labute approximate surface area is 65.4 Å². The van der Waals surface area contributed by atoms with Crippen molar-refractivity contribution >= 4 is 16.5 Å². The Hall–Kier alpha value is 0.0400. The zero-order valence-corrected chi connectivity index (χ0v) is 7.41. The maximum atomic E-state index is 8.70. The lowest BCUT2D eigenvalue weighted by Gasteiger charge is -1.34. The van der Waals surface area contributed by atoms with Gasteiger partial charge in [-0.1, -0.05) is 19.3 Å². The van der Waals surface area contributed by atoms with Crippen LogP contribution in [0.15, 0.2) is 0 Å². The Morgan fingerprint density at radius 3 is 0.818 bits per heavy atom. The molecule has 0 atom stereocenters. The van der Waals surface area contributed by atoms with E-state index in [9.17, 15) is 0 Å². The topological polar surface area (TPSA) is 115 Å². The lowest BCUT2D eigenvalue weighted by Crippen LogP contribution is -1.38. The molecule has 6 nitrogen and oxygen atoms in total. The van der Waals surface area contributed by atoms with E-state index in [2.05, 4.69) is 0 Å². The van der Waals surface area contributed by atoms with Gasteiger partial charge in [-0.3, -0.25) is 0 Å². The van der Waals surface area contributed by atoms with Crippen LogP contribution in [0.1, 0.15) is 19.3 Å². The first-order chi connectivity index (χ1) is 4.96. The highest BCUT2D eigenvalue weighted by atomic mass is 31.1. The Morgan fingerprint density at radius 2 is 0.818 bits per heavy atom. The van der Waals surface area contributed by atoms with Crippen LogP contribution in [-0.4, -0.2) is 19.6 Å². The lowest BCUT2D eigenvalue weighted by molar-refractivity contribution is 0.403. The summed E-state index contributed by atoms with van der Waals surface area (Å²) in [5.74, 6) is 0. The largest absolute Gasteiger partial charge is 0.692 e. The fraction of sp³-hybridized carbons (Fsp3) is 1.00. The monoisotopic (exact) mass is 204 g/mol. The minimum atomic E-state index is -2.87. The molecule has 0 unspecified atom stereocenters. The van der Waals surface area contributed by atoms with Gasteiger partial charge in [0.1, 0.15) is 0 Å². The second-order valence-corrected chi connectivity index (χ2v) is 2.58. The average molecular weight is 204 g/mol. The van der Waals surface area contributed by atoms with E-state index in [1.807, 2.05) is 0 Å².